The molecule has 2 heterocycles. The Hall–Kier alpha value is -1.62. The van der Waals surface area contributed by atoms with Crippen LogP contribution in [0, 0.1) is 0 Å². The average Bonchev–Trinajstić information content (AvgIpc) is 2.61. The van der Waals surface area contributed by atoms with Crippen molar-refractivity contribution in [3.8, 4) is 0 Å². The first kappa shape index (κ1) is 9.92. The number of fused-ring (bicyclic) bond motifs is 1. The van der Waals surface area contributed by atoms with Crippen LogP contribution < -0.4 is 0 Å². The van der Waals surface area contributed by atoms with E-state index in [1.165, 1.54) is 12.3 Å². The molecule has 15 heavy (non-hydrogen) atoms. The van der Waals surface area contributed by atoms with Gasteiger partial charge in [-0.05, 0) is 12.1 Å². The molecule has 0 aromatic carbocycles. The molecule has 0 fully saturated rings. The smallest absolute Gasteiger partial charge is 0.200 e. The van der Waals surface area contributed by atoms with Crippen molar-refractivity contribution in [3.63, 3.8) is 0 Å². The predicted molar refractivity (Wildman–Crippen MR) is 57.4 cm³/mol. The van der Waals surface area contributed by atoms with Gasteiger partial charge in [-0.25, -0.2) is 13.4 Å². The third-order valence-electron chi connectivity index (χ3n) is 2.00. The molecule has 78 valence electrons. The standard InChI is InChI=1S/C10H10N2O2S/c1-2-7-15(13,14)10-8-12-6-4-3-5-9(12)11-10/h2-6,8H,1,7H2. The Morgan fingerprint density at radius 1 is 1.47 bits per heavy atom. The number of aromatic nitrogens is 2. The maximum absolute atomic E-state index is 11.7. The van der Waals surface area contributed by atoms with Crippen LogP contribution in [-0.2, 0) is 9.84 Å². The Morgan fingerprint density at radius 2 is 2.27 bits per heavy atom. The molecule has 0 atom stereocenters. The number of sulfone groups is 1. The van der Waals surface area contributed by atoms with Crippen LogP contribution in [0.4, 0.5) is 0 Å². The minimum Gasteiger partial charge on any atom is -0.306 e. The first-order chi connectivity index (χ1) is 7.13. The summed E-state index contributed by atoms with van der Waals surface area (Å²) < 4.78 is 25.0. The summed E-state index contributed by atoms with van der Waals surface area (Å²) in [4.78, 5) is 4.03. The van der Waals surface area contributed by atoms with E-state index in [0.717, 1.165) is 0 Å². The highest BCUT2D eigenvalue weighted by atomic mass is 32.2. The molecule has 0 amide bonds. The maximum Gasteiger partial charge on any atom is 0.200 e. The van der Waals surface area contributed by atoms with E-state index in [1.807, 2.05) is 12.1 Å². The van der Waals surface area contributed by atoms with Gasteiger partial charge in [0.1, 0.15) is 5.65 Å². The molecule has 0 saturated heterocycles. The van der Waals surface area contributed by atoms with Gasteiger partial charge in [0.25, 0.3) is 0 Å². The normalized spacial score (nSPS) is 11.7. The molecule has 4 nitrogen and oxygen atoms in total. The highest BCUT2D eigenvalue weighted by Crippen LogP contribution is 2.11. The molecule has 2 aromatic heterocycles. The zero-order valence-electron chi connectivity index (χ0n) is 8.00. The van der Waals surface area contributed by atoms with Crippen LogP contribution in [0.15, 0.2) is 48.3 Å². The molecule has 0 aliphatic rings. The predicted octanol–water partition coefficient (Wildman–Crippen LogP) is 1.29. The van der Waals surface area contributed by atoms with Crippen LogP contribution in [0.1, 0.15) is 0 Å². The van der Waals surface area contributed by atoms with E-state index in [0.29, 0.717) is 5.65 Å². The van der Waals surface area contributed by atoms with Gasteiger partial charge in [-0.2, -0.15) is 0 Å². The Balaban J connectivity index is 2.58. The van der Waals surface area contributed by atoms with E-state index < -0.39 is 9.84 Å². The van der Waals surface area contributed by atoms with Crippen molar-refractivity contribution in [2.45, 2.75) is 5.03 Å². The van der Waals surface area contributed by atoms with E-state index in [4.69, 9.17) is 0 Å². The second kappa shape index (κ2) is 3.51. The number of pyridine rings is 1. The molecule has 0 saturated carbocycles. The van der Waals surface area contributed by atoms with Crippen molar-refractivity contribution >= 4 is 15.5 Å². The van der Waals surface area contributed by atoms with Gasteiger partial charge < -0.3 is 4.40 Å². The Labute approximate surface area is 87.8 Å². The van der Waals surface area contributed by atoms with Gasteiger partial charge in [0, 0.05) is 12.4 Å². The second-order valence-electron chi connectivity index (χ2n) is 3.12. The average molecular weight is 222 g/mol. The van der Waals surface area contributed by atoms with Gasteiger partial charge in [-0.3, -0.25) is 0 Å². The molecular weight excluding hydrogens is 212 g/mol. The first-order valence-electron chi connectivity index (χ1n) is 4.41. The molecular formula is C10H10N2O2S. The molecule has 0 bridgehead atoms. The first-order valence-corrected chi connectivity index (χ1v) is 6.06. The quantitative estimate of drug-likeness (QED) is 0.735. The van der Waals surface area contributed by atoms with Crippen molar-refractivity contribution in [2.75, 3.05) is 5.75 Å². The van der Waals surface area contributed by atoms with Crippen molar-refractivity contribution in [1.29, 1.82) is 0 Å². The van der Waals surface area contributed by atoms with Crippen molar-refractivity contribution in [2.24, 2.45) is 0 Å². The van der Waals surface area contributed by atoms with Crippen molar-refractivity contribution in [3.05, 3.63) is 43.2 Å². The second-order valence-corrected chi connectivity index (χ2v) is 5.10. The molecule has 5 heteroatoms. The lowest BCUT2D eigenvalue weighted by atomic mass is 10.5. The third-order valence-corrected chi connectivity index (χ3v) is 3.51. The largest absolute Gasteiger partial charge is 0.306 e. The van der Waals surface area contributed by atoms with Crippen molar-refractivity contribution < 1.29 is 8.42 Å². The highest BCUT2D eigenvalue weighted by molar-refractivity contribution is 7.91. The van der Waals surface area contributed by atoms with E-state index in [1.54, 1.807) is 16.7 Å². The summed E-state index contributed by atoms with van der Waals surface area (Å²) in [6.45, 7) is 3.41. The van der Waals surface area contributed by atoms with Gasteiger partial charge >= 0.3 is 0 Å². The number of hydrogen-bond acceptors (Lipinski definition) is 3. The lowest BCUT2D eigenvalue weighted by Gasteiger charge is -1.93. The summed E-state index contributed by atoms with van der Waals surface area (Å²) in [5, 5.41) is 0.0913. The minimum absolute atomic E-state index is 0.0864. The monoisotopic (exact) mass is 222 g/mol. The maximum atomic E-state index is 11.7. The van der Waals surface area contributed by atoms with Crippen LogP contribution in [-0.4, -0.2) is 23.6 Å². The summed E-state index contributed by atoms with van der Waals surface area (Å²) in [5.74, 6) is -0.0864. The fourth-order valence-electron chi connectivity index (χ4n) is 1.30. The minimum atomic E-state index is -3.32. The molecule has 0 aliphatic heterocycles. The Morgan fingerprint density at radius 3 is 2.93 bits per heavy atom. The summed E-state index contributed by atoms with van der Waals surface area (Å²) in [6, 6.07) is 5.39. The number of hydrogen-bond donors (Lipinski definition) is 0. The molecule has 0 N–H and O–H groups in total. The van der Waals surface area contributed by atoms with Crippen LogP contribution in [0.3, 0.4) is 0 Å². The van der Waals surface area contributed by atoms with Gasteiger partial charge in [0.05, 0.1) is 5.75 Å². The molecule has 0 radical (unpaired) electrons. The number of rotatable bonds is 3. The summed E-state index contributed by atoms with van der Waals surface area (Å²) in [5.41, 5.74) is 0.625. The summed E-state index contributed by atoms with van der Waals surface area (Å²) >= 11 is 0. The fourth-order valence-corrected chi connectivity index (χ4v) is 2.29. The summed E-state index contributed by atoms with van der Waals surface area (Å²) in [6.07, 6.45) is 4.63. The Kier molecular flexibility index (Phi) is 2.32. The van der Waals surface area contributed by atoms with E-state index in [2.05, 4.69) is 11.6 Å². The zero-order valence-corrected chi connectivity index (χ0v) is 8.81. The van der Waals surface area contributed by atoms with Gasteiger partial charge in [0.2, 0.25) is 9.84 Å². The lowest BCUT2D eigenvalue weighted by molar-refractivity contribution is 0.596. The van der Waals surface area contributed by atoms with Gasteiger partial charge in [-0.15, -0.1) is 6.58 Å². The lowest BCUT2D eigenvalue weighted by Crippen LogP contribution is -2.04. The Bertz CT molecular complexity index is 566. The molecule has 2 aromatic rings. The van der Waals surface area contributed by atoms with Crippen LogP contribution in [0.5, 0.6) is 0 Å². The third kappa shape index (κ3) is 1.78. The van der Waals surface area contributed by atoms with Gasteiger partial charge in [-0.1, -0.05) is 12.1 Å². The molecule has 0 aliphatic carbocycles. The van der Waals surface area contributed by atoms with E-state index in [9.17, 15) is 8.42 Å². The van der Waals surface area contributed by atoms with Crippen LogP contribution in [0.25, 0.3) is 5.65 Å². The summed E-state index contributed by atoms with van der Waals surface area (Å²) in [7, 11) is -3.32. The number of nitrogens with zero attached hydrogens (tertiary/aromatic N) is 2. The fraction of sp³-hybridized carbons (Fsp3) is 0.100. The van der Waals surface area contributed by atoms with E-state index >= 15 is 0 Å². The topological polar surface area (TPSA) is 51.4 Å². The molecule has 2 rings (SSSR count). The zero-order chi connectivity index (χ0) is 10.9. The van der Waals surface area contributed by atoms with Gasteiger partial charge in [0.15, 0.2) is 5.03 Å². The molecule has 0 spiro atoms. The molecule has 0 unspecified atom stereocenters. The van der Waals surface area contributed by atoms with Crippen molar-refractivity contribution in [1.82, 2.24) is 9.38 Å². The van der Waals surface area contributed by atoms with Crippen LogP contribution in [0.2, 0.25) is 0 Å². The SMILES string of the molecule is C=CCS(=O)(=O)c1cn2ccccc2n1. The highest BCUT2D eigenvalue weighted by Gasteiger charge is 2.16. The number of imidazole rings is 1. The van der Waals surface area contributed by atoms with Crippen LogP contribution >= 0.6 is 0 Å². The van der Waals surface area contributed by atoms with E-state index in [-0.39, 0.29) is 10.8 Å².